The van der Waals surface area contributed by atoms with Gasteiger partial charge in [-0.1, -0.05) is 206 Å². The molecular weight excluding hydrogens is 739 g/mol. The number of anilines is 3. The van der Waals surface area contributed by atoms with Gasteiger partial charge in [-0.15, -0.1) is 0 Å². The lowest BCUT2D eigenvalue weighted by atomic mass is 9.68. The number of nitrogens with zero attached hydrogens (tertiary/aromatic N) is 1. The molecule has 2 nitrogen and oxygen atoms in total. The van der Waals surface area contributed by atoms with Gasteiger partial charge in [0.05, 0.1) is 16.8 Å². The predicted molar refractivity (Wildman–Crippen MR) is 254 cm³/mol. The van der Waals surface area contributed by atoms with Crippen LogP contribution < -0.4 is 4.90 Å². The third-order valence-corrected chi connectivity index (χ3v) is 12.7. The smallest absolute Gasteiger partial charge is 0.143 e. The van der Waals surface area contributed by atoms with Crippen LogP contribution in [0.3, 0.4) is 0 Å². The lowest BCUT2D eigenvalue weighted by molar-refractivity contribution is 0.670. The van der Waals surface area contributed by atoms with E-state index in [1.807, 2.05) is 6.07 Å². The summed E-state index contributed by atoms with van der Waals surface area (Å²) in [5, 5.41) is 4.68. The fourth-order valence-corrected chi connectivity index (χ4v) is 10.2. The van der Waals surface area contributed by atoms with Crippen LogP contribution in [0.15, 0.2) is 241 Å². The summed E-state index contributed by atoms with van der Waals surface area (Å²) in [7, 11) is 0. The maximum Gasteiger partial charge on any atom is 0.143 e. The molecule has 0 N–H and O–H groups in total. The van der Waals surface area contributed by atoms with Crippen molar-refractivity contribution in [2.45, 2.75) is 5.41 Å². The number of hydrogen-bond donors (Lipinski definition) is 0. The van der Waals surface area contributed by atoms with E-state index in [1.54, 1.807) is 0 Å². The van der Waals surface area contributed by atoms with Gasteiger partial charge in [0, 0.05) is 33.2 Å². The minimum Gasteiger partial charge on any atom is -0.455 e. The normalized spacial score (nSPS) is 12.7. The fraction of sp³-hybridized carbons (Fsp3) is 0.0169. The Balaban J connectivity index is 1.17. The monoisotopic (exact) mass is 777 g/mol. The first-order valence-electron chi connectivity index (χ1n) is 21.0. The number of para-hydroxylation sites is 3. The van der Waals surface area contributed by atoms with Gasteiger partial charge in [0.1, 0.15) is 11.2 Å². The number of rotatable bonds is 7. The first kappa shape index (κ1) is 35.0. The van der Waals surface area contributed by atoms with Crippen molar-refractivity contribution in [1.82, 2.24) is 0 Å². The van der Waals surface area contributed by atoms with Gasteiger partial charge in [-0.3, -0.25) is 0 Å². The molecule has 12 rings (SSSR count). The average molecular weight is 778 g/mol. The van der Waals surface area contributed by atoms with Crippen molar-refractivity contribution in [1.29, 1.82) is 0 Å². The van der Waals surface area contributed by atoms with Crippen LogP contribution in [0.25, 0.3) is 66.1 Å². The Morgan fingerprint density at radius 3 is 1.75 bits per heavy atom. The van der Waals surface area contributed by atoms with Crippen LogP contribution in [0.5, 0.6) is 0 Å². The minimum absolute atomic E-state index is 0.541. The zero-order chi connectivity index (χ0) is 40.3. The molecule has 2 heteroatoms. The molecule has 0 amide bonds. The molecule has 0 fully saturated rings. The third kappa shape index (κ3) is 5.36. The average Bonchev–Trinajstić information content (AvgIpc) is 3.87. The molecular formula is C59H39NO. The fourth-order valence-electron chi connectivity index (χ4n) is 10.2. The molecule has 0 atom stereocenters. The second-order valence-electron chi connectivity index (χ2n) is 15.9. The van der Waals surface area contributed by atoms with Gasteiger partial charge < -0.3 is 9.32 Å². The van der Waals surface area contributed by atoms with Gasteiger partial charge in [-0.25, -0.2) is 0 Å². The number of furan rings is 1. The van der Waals surface area contributed by atoms with E-state index in [-0.39, 0.29) is 0 Å². The first-order valence-corrected chi connectivity index (χ1v) is 21.0. The maximum atomic E-state index is 6.73. The van der Waals surface area contributed by atoms with Gasteiger partial charge >= 0.3 is 0 Å². The zero-order valence-corrected chi connectivity index (χ0v) is 33.4. The SMILES string of the molecule is c1ccc(C2(c3ccccc3)c3ccccc3-c3c(N(c4cccc(-c5cccc6ccccc56)c4)c4ccccc4-c4cccc5c4oc4ccccc45)cccc32)cc1. The lowest BCUT2D eigenvalue weighted by Crippen LogP contribution is -2.28. The number of benzene rings is 10. The van der Waals surface area contributed by atoms with Crippen LogP contribution in [0, 0.1) is 0 Å². The van der Waals surface area contributed by atoms with E-state index in [1.165, 1.54) is 49.7 Å². The van der Waals surface area contributed by atoms with E-state index in [9.17, 15) is 0 Å². The Morgan fingerprint density at radius 1 is 0.361 bits per heavy atom. The van der Waals surface area contributed by atoms with E-state index in [0.29, 0.717) is 0 Å². The summed E-state index contributed by atoms with van der Waals surface area (Å²) < 4.78 is 6.73. The summed E-state index contributed by atoms with van der Waals surface area (Å²) in [6.07, 6.45) is 0. The molecule has 11 aromatic rings. The summed E-state index contributed by atoms with van der Waals surface area (Å²) >= 11 is 0. The molecule has 0 unspecified atom stereocenters. The predicted octanol–water partition coefficient (Wildman–Crippen LogP) is 15.9. The molecule has 1 aliphatic rings. The highest BCUT2D eigenvalue weighted by atomic mass is 16.3. The van der Waals surface area contributed by atoms with Gasteiger partial charge in [0.15, 0.2) is 0 Å². The highest BCUT2D eigenvalue weighted by Crippen LogP contribution is 2.60. The Bertz CT molecular complexity index is 3390. The van der Waals surface area contributed by atoms with Gasteiger partial charge in [0.25, 0.3) is 0 Å². The Labute approximate surface area is 355 Å². The maximum absolute atomic E-state index is 6.73. The quantitative estimate of drug-likeness (QED) is 0.160. The summed E-state index contributed by atoms with van der Waals surface area (Å²) in [5.41, 5.74) is 16.4. The van der Waals surface area contributed by atoms with E-state index < -0.39 is 5.41 Å². The van der Waals surface area contributed by atoms with Crippen LogP contribution >= 0.6 is 0 Å². The molecule has 0 radical (unpaired) electrons. The summed E-state index contributed by atoms with van der Waals surface area (Å²) in [6, 6.07) is 86.1. The molecule has 1 aromatic heterocycles. The Hall–Kier alpha value is -7.94. The van der Waals surface area contributed by atoms with Gasteiger partial charge in [-0.2, -0.15) is 0 Å². The van der Waals surface area contributed by atoms with Crippen LogP contribution in [0.4, 0.5) is 17.1 Å². The van der Waals surface area contributed by atoms with E-state index >= 15 is 0 Å². The second-order valence-corrected chi connectivity index (χ2v) is 15.9. The van der Waals surface area contributed by atoms with Crippen molar-refractivity contribution < 1.29 is 4.42 Å². The van der Waals surface area contributed by atoms with Crippen molar-refractivity contribution >= 4 is 49.8 Å². The van der Waals surface area contributed by atoms with Crippen molar-refractivity contribution in [2.24, 2.45) is 0 Å². The molecule has 0 saturated carbocycles. The largest absolute Gasteiger partial charge is 0.455 e. The van der Waals surface area contributed by atoms with Crippen LogP contribution in [-0.2, 0) is 5.41 Å². The van der Waals surface area contributed by atoms with E-state index in [0.717, 1.165) is 55.7 Å². The number of fused-ring (bicyclic) bond motifs is 7. The highest BCUT2D eigenvalue weighted by molar-refractivity contribution is 6.11. The Morgan fingerprint density at radius 2 is 0.918 bits per heavy atom. The third-order valence-electron chi connectivity index (χ3n) is 12.7. The summed E-state index contributed by atoms with van der Waals surface area (Å²) in [4.78, 5) is 2.49. The van der Waals surface area contributed by atoms with Crippen LogP contribution in [0.2, 0.25) is 0 Å². The summed E-state index contributed by atoms with van der Waals surface area (Å²) in [6.45, 7) is 0. The Kier molecular flexibility index (Phi) is 8.11. The molecule has 0 aliphatic heterocycles. The topological polar surface area (TPSA) is 16.4 Å². The van der Waals surface area contributed by atoms with Crippen LogP contribution in [-0.4, -0.2) is 0 Å². The molecule has 61 heavy (non-hydrogen) atoms. The van der Waals surface area contributed by atoms with Crippen molar-refractivity contribution in [3.63, 3.8) is 0 Å². The van der Waals surface area contributed by atoms with Crippen molar-refractivity contribution in [3.05, 3.63) is 259 Å². The minimum atomic E-state index is -0.541. The first-order chi connectivity index (χ1) is 30.3. The molecule has 10 aromatic carbocycles. The van der Waals surface area contributed by atoms with Gasteiger partial charge in [0.2, 0.25) is 0 Å². The zero-order valence-electron chi connectivity index (χ0n) is 33.4. The molecule has 0 spiro atoms. The highest BCUT2D eigenvalue weighted by Gasteiger charge is 2.47. The van der Waals surface area contributed by atoms with Crippen molar-refractivity contribution in [3.8, 4) is 33.4 Å². The van der Waals surface area contributed by atoms with Crippen molar-refractivity contribution in [2.75, 3.05) is 4.90 Å². The van der Waals surface area contributed by atoms with Gasteiger partial charge in [-0.05, 0) is 80.0 Å². The standard InChI is InChI=1S/C59H39NO/c1-3-22-42(23-4-1)59(43-24-5-2-6-25-43)52-34-12-9-30-51(52)57-53(59)35-18-37-55(57)60(44-26-15-21-41(39-44)46-31-16-20-40-19-7-8-27-45(40)46)54-36-13-10-28-47(54)49-32-17-33-50-48-29-11-14-38-56(48)61-58(49)50/h1-39H. The lowest BCUT2D eigenvalue weighted by Gasteiger charge is -2.34. The molecule has 1 aliphatic carbocycles. The number of hydrogen-bond acceptors (Lipinski definition) is 2. The molecule has 1 heterocycles. The van der Waals surface area contributed by atoms with E-state index in [2.05, 4.69) is 235 Å². The molecule has 286 valence electrons. The van der Waals surface area contributed by atoms with E-state index in [4.69, 9.17) is 4.42 Å². The molecule has 0 bridgehead atoms. The second kappa shape index (κ2) is 14.1. The molecule has 0 saturated heterocycles. The summed E-state index contributed by atoms with van der Waals surface area (Å²) in [5.74, 6) is 0. The van der Waals surface area contributed by atoms with Crippen LogP contribution in [0.1, 0.15) is 22.3 Å².